The number of fused-ring (bicyclic) bond motifs is 1. The third-order valence-corrected chi connectivity index (χ3v) is 6.12. The Morgan fingerprint density at radius 3 is 2.57 bits per heavy atom. The van der Waals surface area contributed by atoms with E-state index in [9.17, 15) is 4.79 Å². The van der Waals surface area contributed by atoms with E-state index in [1.54, 1.807) is 14.2 Å². The van der Waals surface area contributed by atoms with Gasteiger partial charge in [-0.3, -0.25) is 4.79 Å². The number of carbonyl (C=O) groups excluding carboxylic acids is 1. The van der Waals surface area contributed by atoms with Crippen molar-refractivity contribution in [2.75, 3.05) is 20.8 Å². The number of halogens is 1. The summed E-state index contributed by atoms with van der Waals surface area (Å²) in [5.41, 5.74) is 3.17. The van der Waals surface area contributed by atoms with Gasteiger partial charge in [0.05, 0.1) is 25.1 Å². The molecule has 2 aromatic carbocycles. The van der Waals surface area contributed by atoms with Crippen molar-refractivity contribution in [2.24, 2.45) is 0 Å². The minimum atomic E-state index is -0.239. The summed E-state index contributed by atoms with van der Waals surface area (Å²) in [6.07, 6.45) is 0.754. The minimum absolute atomic E-state index is 0.0282. The van der Waals surface area contributed by atoms with Gasteiger partial charge in [0.2, 0.25) is 0 Å². The van der Waals surface area contributed by atoms with Crippen molar-refractivity contribution >= 4 is 28.8 Å². The van der Waals surface area contributed by atoms with Gasteiger partial charge in [-0.25, -0.2) is 0 Å². The van der Waals surface area contributed by atoms with Crippen LogP contribution in [0.3, 0.4) is 0 Å². The molecular formula is C22H20ClNO3S. The highest BCUT2D eigenvalue weighted by molar-refractivity contribution is 7.12. The summed E-state index contributed by atoms with van der Waals surface area (Å²) in [5, 5.41) is 2.57. The zero-order valence-corrected chi connectivity index (χ0v) is 17.2. The Morgan fingerprint density at radius 2 is 1.89 bits per heavy atom. The molecule has 1 atom stereocenters. The molecule has 0 aliphatic carbocycles. The molecule has 1 aromatic heterocycles. The topological polar surface area (TPSA) is 38.8 Å². The van der Waals surface area contributed by atoms with Gasteiger partial charge in [-0.05, 0) is 58.8 Å². The number of rotatable bonds is 4. The van der Waals surface area contributed by atoms with E-state index >= 15 is 0 Å². The number of benzene rings is 2. The van der Waals surface area contributed by atoms with Crippen LogP contribution in [-0.2, 0) is 6.42 Å². The van der Waals surface area contributed by atoms with E-state index in [1.165, 1.54) is 11.3 Å². The molecule has 28 heavy (non-hydrogen) atoms. The molecule has 0 N–H and O–H groups in total. The van der Waals surface area contributed by atoms with Crippen molar-refractivity contribution in [3.8, 4) is 11.5 Å². The Hall–Kier alpha value is -2.50. The number of thiophene rings is 1. The van der Waals surface area contributed by atoms with Crippen molar-refractivity contribution in [2.45, 2.75) is 12.5 Å². The number of nitrogens with zero attached hydrogens (tertiary/aromatic N) is 1. The van der Waals surface area contributed by atoms with E-state index in [1.807, 2.05) is 58.8 Å². The van der Waals surface area contributed by atoms with Crippen LogP contribution in [0.5, 0.6) is 11.5 Å². The highest BCUT2D eigenvalue weighted by atomic mass is 35.5. The first-order chi connectivity index (χ1) is 13.6. The van der Waals surface area contributed by atoms with Crippen LogP contribution in [0.25, 0.3) is 0 Å². The largest absolute Gasteiger partial charge is 0.493 e. The van der Waals surface area contributed by atoms with Crippen molar-refractivity contribution < 1.29 is 14.3 Å². The maximum absolute atomic E-state index is 13.3. The summed E-state index contributed by atoms with van der Waals surface area (Å²) < 4.78 is 11.0. The monoisotopic (exact) mass is 413 g/mol. The standard InChI is InChI=1S/C22H20ClNO3S/c1-26-18-12-14-8-9-24(22(25)20-7-4-10-28-20)21(17(14)13-19(18)27-2)15-5-3-6-16(23)11-15/h3-7,10-13,21H,8-9H2,1-2H3/t21-/m1/s1. The van der Waals surface area contributed by atoms with Crippen LogP contribution >= 0.6 is 22.9 Å². The lowest BCUT2D eigenvalue weighted by molar-refractivity contribution is 0.0699. The number of hydrogen-bond donors (Lipinski definition) is 0. The smallest absolute Gasteiger partial charge is 0.264 e. The molecule has 0 saturated carbocycles. The van der Waals surface area contributed by atoms with E-state index < -0.39 is 0 Å². The van der Waals surface area contributed by atoms with Gasteiger partial charge in [-0.1, -0.05) is 29.8 Å². The number of methoxy groups -OCH3 is 2. The fourth-order valence-corrected chi connectivity index (χ4v) is 4.62. The zero-order chi connectivity index (χ0) is 19.7. The number of carbonyl (C=O) groups is 1. The second-order valence-electron chi connectivity index (χ2n) is 6.59. The molecular weight excluding hydrogens is 394 g/mol. The first-order valence-corrected chi connectivity index (χ1v) is 10.2. The van der Waals surface area contributed by atoms with Crippen LogP contribution in [0, 0.1) is 0 Å². The van der Waals surface area contributed by atoms with Crippen LogP contribution in [0.15, 0.2) is 53.9 Å². The molecule has 0 unspecified atom stereocenters. The van der Waals surface area contributed by atoms with Gasteiger partial charge in [-0.2, -0.15) is 0 Å². The summed E-state index contributed by atoms with van der Waals surface area (Å²) in [4.78, 5) is 15.9. The number of hydrogen-bond acceptors (Lipinski definition) is 4. The average molecular weight is 414 g/mol. The summed E-state index contributed by atoms with van der Waals surface area (Å²) in [6, 6.07) is 15.2. The SMILES string of the molecule is COc1cc2c(cc1OC)[C@@H](c1cccc(Cl)c1)N(C(=O)c1cccs1)CC2. The Bertz CT molecular complexity index is 1000. The Morgan fingerprint density at radius 1 is 1.11 bits per heavy atom. The van der Waals surface area contributed by atoms with Gasteiger partial charge in [0, 0.05) is 11.6 Å². The lowest BCUT2D eigenvalue weighted by atomic mass is 9.87. The zero-order valence-electron chi connectivity index (χ0n) is 15.6. The van der Waals surface area contributed by atoms with Crippen molar-refractivity contribution in [3.63, 3.8) is 0 Å². The van der Waals surface area contributed by atoms with Gasteiger partial charge in [-0.15, -0.1) is 11.3 Å². The van der Waals surface area contributed by atoms with Crippen LogP contribution in [0.4, 0.5) is 0 Å². The molecule has 144 valence electrons. The lowest BCUT2D eigenvalue weighted by Gasteiger charge is -2.38. The van der Waals surface area contributed by atoms with Gasteiger partial charge in [0.15, 0.2) is 11.5 Å². The molecule has 4 nitrogen and oxygen atoms in total. The molecule has 0 radical (unpaired) electrons. The van der Waals surface area contributed by atoms with Gasteiger partial charge in [0.25, 0.3) is 5.91 Å². The third kappa shape index (κ3) is 3.36. The van der Waals surface area contributed by atoms with Gasteiger partial charge < -0.3 is 14.4 Å². The fourth-order valence-electron chi connectivity index (χ4n) is 3.74. The summed E-state index contributed by atoms with van der Waals surface area (Å²) in [7, 11) is 3.25. The molecule has 1 amide bonds. The van der Waals surface area contributed by atoms with Crippen LogP contribution < -0.4 is 9.47 Å². The number of ether oxygens (including phenoxy) is 2. The molecule has 0 bridgehead atoms. The second-order valence-corrected chi connectivity index (χ2v) is 7.97. The molecule has 0 spiro atoms. The van der Waals surface area contributed by atoms with Crippen molar-refractivity contribution in [3.05, 3.63) is 80.5 Å². The third-order valence-electron chi connectivity index (χ3n) is 5.03. The summed E-state index contributed by atoms with van der Waals surface area (Å²) in [6.45, 7) is 0.621. The Balaban J connectivity index is 1.87. The minimum Gasteiger partial charge on any atom is -0.493 e. The normalized spacial score (nSPS) is 15.8. The summed E-state index contributed by atoms with van der Waals surface area (Å²) >= 11 is 7.74. The van der Waals surface area contributed by atoms with E-state index in [0.717, 1.165) is 28.0 Å². The summed E-state index contributed by atoms with van der Waals surface area (Å²) in [5.74, 6) is 1.38. The van der Waals surface area contributed by atoms with Crippen molar-refractivity contribution in [1.82, 2.24) is 4.90 Å². The van der Waals surface area contributed by atoms with E-state index in [2.05, 4.69) is 0 Å². The Labute approximate surface area is 173 Å². The first kappa shape index (κ1) is 18.8. The van der Waals surface area contributed by atoms with E-state index in [-0.39, 0.29) is 11.9 Å². The maximum atomic E-state index is 13.3. The predicted molar refractivity (Wildman–Crippen MR) is 112 cm³/mol. The predicted octanol–water partition coefficient (Wildman–Crippen LogP) is 5.21. The highest BCUT2D eigenvalue weighted by Gasteiger charge is 2.34. The molecule has 4 rings (SSSR count). The molecule has 3 aromatic rings. The molecule has 0 saturated heterocycles. The first-order valence-electron chi connectivity index (χ1n) is 8.97. The second kappa shape index (κ2) is 7.86. The van der Waals surface area contributed by atoms with Crippen LogP contribution in [-0.4, -0.2) is 31.6 Å². The molecule has 0 fully saturated rings. The maximum Gasteiger partial charge on any atom is 0.264 e. The average Bonchev–Trinajstić information content (AvgIpc) is 3.26. The Kier molecular flexibility index (Phi) is 5.29. The van der Waals surface area contributed by atoms with Gasteiger partial charge >= 0.3 is 0 Å². The molecule has 2 heterocycles. The van der Waals surface area contributed by atoms with E-state index in [4.69, 9.17) is 21.1 Å². The lowest BCUT2D eigenvalue weighted by Crippen LogP contribution is -2.40. The number of amides is 1. The van der Waals surface area contributed by atoms with Gasteiger partial charge in [0.1, 0.15) is 0 Å². The van der Waals surface area contributed by atoms with E-state index in [0.29, 0.717) is 23.1 Å². The molecule has 1 aliphatic heterocycles. The molecule has 6 heteroatoms. The van der Waals surface area contributed by atoms with Crippen molar-refractivity contribution in [1.29, 1.82) is 0 Å². The quantitative estimate of drug-likeness (QED) is 0.589. The van der Waals surface area contributed by atoms with Crippen LogP contribution in [0.1, 0.15) is 32.4 Å². The molecule has 1 aliphatic rings. The fraction of sp³-hybridized carbons (Fsp3) is 0.227. The highest BCUT2D eigenvalue weighted by Crippen LogP contribution is 2.42. The van der Waals surface area contributed by atoms with Crippen LogP contribution in [0.2, 0.25) is 5.02 Å².